The van der Waals surface area contributed by atoms with Crippen molar-refractivity contribution in [2.75, 3.05) is 24.6 Å². The zero-order valence-corrected chi connectivity index (χ0v) is 16.9. The summed E-state index contributed by atoms with van der Waals surface area (Å²) in [6.45, 7) is 5.79. The monoisotopic (exact) mass is 398 g/mol. The third kappa shape index (κ3) is 4.63. The largest absolute Gasteiger partial charge is 0.494 e. The Morgan fingerprint density at radius 1 is 1.21 bits per heavy atom. The van der Waals surface area contributed by atoms with Crippen molar-refractivity contribution < 1.29 is 18.7 Å². The van der Waals surface area contributed by atoms with Gasteiger partial charge in [0.2, 0.25) is 5.91 Å². The zero-order valence-electron chi connectivity index (χ0n) is 16.9. The van der Waals surface area contributed by atoms with Crippen molar-refractivity contribution in [2.24, 2.45) is 5.92 Å². The maximum Gasteiger partial charge on any atom is 0.223 e. The van der Waals surface area contributed by atoms with Gasteiger partial charge in [0.15, 0.2) is 11.6 Å². The average Bonchev–Trinajstić information content (AvgIpc) is 3.51. The molecule has 0 aromatic heterocycles. The van der Waals surface area contributed by atoms with Gasteiger partial charge in [-0.2, -0.15) is 0 Å². The van der Waals surface area contributed by atoms with Gasteiger partial charge in [0.25, 0.3) is 0 Å². The highest BCUT2D eigenvalue weighted by Gasteiger charge is 2.31. The van der Waals surface area contributed by atoms with E-state index in [9.17, 15) is 9.18 Å². The Kier molecular flexibility index (Phi) is 5.60. The lowest BCUT2D eigenvalue weighted by Gasteiger charge is -2.40. The molecule has 1 N–H and O–H groups in total. The number of carbonyl (C=O) groups excluding carboxylic acids is 1. The van der Waals surface area contributed by atoms with Crippen LogP contribution in [0.1, 0.15) is 38.3 Å². The van der Waals surface area contributed by atoms with Crippen molar-refractivity contribution in [3.05, 3.63) is 53.8 Å². The van der Waals surface area contributed by atoms with Crippen LogP contribution < -0.4 is 19.7 Å². The van der Waals surface area contributed by atoms with E-state index in [1.165, 1.54) is 6.07 Å². The fourth-order valence-corrected chi connectivity index (χ4v) is 3.47. The number of halogens is 1. The number of nitrogens with zero attached hydrogens (tertiary/aromatic N) is 1. The number of ether oxygens (including phenoxy) is 2. The summed E-state index contributed by atoms with van der Waals surface area (Å²) in [6.07, 6.45) is 1.98. The molecule has 0 bridgehead atoms. The summed E-state index contributed by atoms with van der Waals surface area (Å²) < 4.78 is 25.2. The van der Waals surface area contributed by atoms with E-state index < -0.39 is 5.82 Å². The Balaban J connectivity index is 1.28. The molecule has 1 saturated carbocycles. The molecule has 1 aliphatic heterocycles. The second kappa shape index (κ2) is 8.31. The lowest BCUT2D eigenvalue weighted by atomic mass is 10.1. The first kappa shape index (κ1) is 19.6. The normalized spacial score (nSPS) is 17.4. The predicted molar refractivity (Wildman–Crippen MR) is 110 cm³/mol. The Labute approximate surface area is 170 Å². The van der Waals surface area contributed by atoms with Crippen LogP contribution in [0, 0.1) is 11.7 Å². The molecule has 1 saturated heterocycles. The van der Waals surface area contributed by atoms with E-state index in [0.29, 0.717) is 25.4 Å². The molecular formula is C23H27FN2O3. The van der Waals surface area contributed by atoms with Gasteiger partial charge >= 0.3 is 0 Å². The van der Waals surface area contributed by atoms with Crippen LogP contribution >= 0.6 is 0 Å². The van der Waals surface area contributed by atoms with Gasteiger partial charge in [0.05, 0.1) is 25.7 Å². The second-order valence-electron chi connectivity index (χ2n) is 7.77. The van der Waals surface area contributed by atoms with E-state index >= 15 is 0 Å². The molecule has 0 unspecified atom stereocenters. The van der Waals surface area contributed by atoms with Crippen molar-refractivity contribution in [1.82, 2.24) is 5.32 Å². The minimum Gasteiger partial charge on any atom is -0.494 e. The Hall–Kier alpha value is -2.76. The number of benzene rings is 2. The van der Waals surface area contributed by atoms with Crippen LogP contribution in [0.5, 0.6) is 11.5 Å². The molecule has 154 valence electrons. The first-order valence-corrected chi connectivity index (χ1v) is 10.3. The molecule has 6 heteroatoms. The molecule has 29 heavy (non-hydrogen) atoms. The lowest BCUT2D eigenvalue weighted by Crippen LogP contribution is -2.54. The molecule has 0 spiro atoms. The SMILES string of the molecule is CCOc1ccc(OC2CN(c3ccc([C@H](C)NC(=O)C4CC4)cc3)C2)c(F)c1. The van der Waals surface area contributed by atoms with Crippen LogP contribution in [0.4, 0.5) is 10.1 Å². The molecule has 5 nitrogen and oxygen atoms in total. The standard InChI is InChI=1S/C23H27FN2O3/c1-3-28-19-10-11-22(21(24)12-19)29-20-13-26(14-20)18-8-6-16(7-9-18)15(2)25-23(27)17-4-5-17/h6-12,15,17,20H,3-5,13-14H2,1-2H3,(H,25,27)/t15-/m0/s1. The molecule has 1 heterocycles. The van der Waals surface area contributed by atoms with E-state index in [4.69, 9.17) is 9.47 Å². The summed E-state index contributed by atoms with van der Waals surface area (Å²) in [6, 6.07) is 12.9. The number of hydrogen-bond donors (Lipinski definition) is 1. The van der Waals surface area contributed by atoms with Crippen LogP contribution in [-0.2, 0) is 4.79 Å². The minimum atomic E-state index is -0.402. The third-order valence-electron chi connectivity index (χ3n) is 5.42. The van der Waals surface area contributed by atoms with Crippen molar-refractivity contribution in [2.45, 2.75) is 38.8 Å². The number of rotatable bonds is 8. The van der Waals surface area contributed by atoms with Gasteiger partial charge < -0.3 is 19.7 Å². The first-order chi connectivity index (χ1) is 14.0. The molecule has 1 aliphatic carbocycles. The summed E-state index contributed by atoms with van der Waals surface area (Å²) in [5.74, 6) is 0.741. The van der Waals surface area contributed by atoms with E-state index in [2.05, 4.69) is 22.3 Å². The summed E-state index contributed by atoms with van der Waals surface area (Å²) in [4.78, 5) is 14.1. The van der Waals surface area contributed by atoms with Crippen molar-refractivity contribution in [1.29, 1.82) is 0 Å². The molecule has 2 aromatic carbocycles. The second-order valence-corrected chi connectivity index (χ2v) is 7.77. The molecule has 2 aliphatic rings. The van der Waals surface area contributed by atoms with E-state index in [1.807, 2.05) is 26.0 Å². The Morgan fingerprint density at radius 2 is 1.93 bits per heavy atom. The van der Waals surface area contributed by atoms with Crippen LogP contribution in [-0.4, -0.2) is 31.7 Å². The van der Waals surface area contributed by atoms with Crippen LogP contribution in [0.2, 0.25) is 0 Å². The topological polar surface area (TPSA) is 50.8 Å². The maximum absolute atomic E-state index is 14.1. The van der Waals surface area contributed by atoms with E-state index in [0.717, 1.165) is 24.1 Å². The van der Waals surface area contributed by atoms with Crippen molar-refractivity contribution >= 4 is 11.6 Å². The maximum atomic E-state index is 14.1. The van der Waals surface area contributed by atoms with Gasteiger partial charge in [0, 0.05) is 17.7 Å². The molecule has 1 amide bonds. The molecular weight excluding hydrogens is 371 g/mol. The quantitative estimate of drug-likeness (QED) is 0.728. The highest BCUT2D eigenvalue weighted by molar-refractivity contribution is 5.81. The fraction of sp³-hybridized carbons (Fsp3) is 0.435. The van der Waals surface area contributed by atoms with Gasteiger partial charge in [0.1, 0.15) is 11.9 Å². The number of carbonyl (C=O) groups is 1. The van der Waals surface area contributed by atoms with Crippen LogP contribution in [0.25, 0.3) is 0 Å². The van der Waals surface area contributed by atoms with Crippen molar-refractivity contribution in [3.63, 3.8) is 0 Å². The van der Waals surface area contributed by atoms with Crippen LogP contribution in [0.15, 0.2) is 42.5 Å². The Morgan fingerprint density at radius 3 is 2.55 bits per heavy atom. The van der Waals surface area contributed by atoms with E-state index in [1.54, 1.807) is 12.1 Å². The molecule has 0 radical (unpaired) electrons. The number of amides is 1. The fourth-order valence-electron chi connectivity index (χ4n) is 3.47. The molecule has 1 atom stereocenters. The highest BCUT2D eigenvalue weighted by atomic mass is 19.1. The third-order valence-corrected chi connectivity index (χ3v) is 5.42. The van der Waals surface area contributed by atoms with Crippen LogP contribution in [0.3, 0.4) is 0 Å². The highest BCUT2D eigenvalue weighted by Crippen LogP contribution is 2.31. The minimum absolute atomic E-state index is 0.00672. The summed E-state index contributed by atoms with van der Waals surface area (Å²) in [7, 11) is 0. The summed E-state index contributed by atoms with van der Waals surface area (Å²) in [5.41, 5.74) is 2.19. The average molecular weight is 398 g/mol. The summed E-state index contributed by atoms with van der Waals surface area (Å²) >= 11 is 0. The Bertz CT molecular complexity index is 861. The van der Waals surface area contributed by atoms with E-state index in [-0.39, 0.29) is 29.7 Å². The number of nitrogens with one attached hydrogen (secondary N) is 1. The number of hydrogen-bond acceptors (Lipinski definition) is 4. The predicted octanol–water partition coefficient (Wildman–Crippen LogP) is 4.08. The molecule has 2 aromatic rings. The van der Waals surface area contributed by atoms with Gasteiger partial charge in [-0.25, -0.2) is 4.39 Å². The zero-order chi connectivity index (χ0) is 20.4. The molecule has 4 rings (SSSR count). The smallest absolute Gasteiger partial charge is 0.223 e. The van der Waals surface area contributed by atoms with Gasteiger partial charge in [-0.1, -0.05) is 12.1 Å². The van der Waals surface area contributed by atoms with Gasteiger partial charge in [-0.05, 0) is 56.5 Å². The lowest BCUT2D eigenvalue weighted by molar-refractivity contribution is -0.122. The molecule has 2 fully saturated rings. The van der Waals surface area contributed by atoms with Gasteiger partial charge in [-0.15, -0.1) is 0 Å². The summed E-state index contributed by atoms with van der Waals surface area (Å²) in [5, 5.41) is 3.07. The van der Waals surface area contributed by atoms with Gasteiger partial charge in [-0.3, -0.25) is 4.79 Å². The van der Waals surface area contributed by atoms with Crippen molar-refractivity contribution in [3.8, 4) is 11.5 Å². The first-order valence-electron chi connectivity index (χ1n) is 10.3. The number of anilines is 1.